The zero-order valence-electron chi connectivity index (χ0n) is 27.6. The number of nitrogens with one attached hydrogen (secondary N) is 1. The minimum atomic E-state index is -3.64. The molecule has 1 aliphatic rings. The van der Waals surface area contributed by atoms with E-state index in [9.17, 15) is 22.8 Å². The molecule has 0 bridgehead atoms. The minimum absolute atomic E-state index is 0.104. The third kappa shape index (κ3) is 10.0. The summed E-state index contributed by atoms with van der Waals surface area (Å²) in [6.07, 6.45) is 14.8. The average Bonchev–Trinajstić information content (AvgIpc) is 3.25. The van der Waals surface area contributed by atoms with Crippen molar-refractivity contribution in [2.24, 2.45) is 0 Å². The molecule has 0 radical (unpaired) electrons. The highest BCUT2D eigenvalue weighted by Gasteiger charge is 2.44. The summed E-state index contributed by atoms with van der Waals surface area (Å²) >= 11 is 0. The number of aryl methyl sites for hydroxylation is 1. The van der Waals surface area contributed by atoms with Crippen LogP contribution >= 0.6 is 0 Å². The van der Waals surface area contributed by atoms with Gasteiger partial charge in [-0.25, -0.2) is 8.42 Å². The van der Waals surface area contributed by atoms with Crippen molar-refractivity contribution in [1.82, 2.24) is 4.90 Å². The third-order valence-electron chi connectivity index (χ3n) is 8.16. The lowest BCUT2D eigenvalue weighted by molar-refractivity contribution is -0.114. The molecular weight excluding hydrogens is 592 g/mol. The summed E-state index contributed by atoms with van der Waals surface area (Å²) in [6.45, 7) is 5.72. The van der Waals surface area contributed by atoms with Gasteiger partial charge in [-0.05, 0) is 49.1 Å². The molecule has 9 nitrogen and oxygen atoms in total. The highest BCUT2D eigenvalue weighted by molar-refractivity contribution is 7.90. The molecule has 45 heavy (non-hydrogen) atoms. The van der Waals surface area contributed by atoms with Crippen molar-refractivity contribution in [3.05, 3.63) is 52.6 Å². The Bertz CT molecular complexity index is 1440. The van der Waals surface area contributed by atoms with Crippen LogP contribution in [-0.2, 0) is 21.1 Å². The minimum Gasteiger partial charge on any atom is -0.493 e. The van der Waals surface area contributed by atoms with Crippen molar-refractivity contribution in [1.29, 1.82) is 0 Å². The number of hydrogen-bond donors (Lipinski definition) is 1. The normalized spacial score (nSPS) is 13.6. The average molecular weight is 643 g/mol. The topological polar surface area (TPSA) is 119 Å². The summed E-state index contributed by atoms with van der Waals surface area (Å²) in [6, 6.07) is 7.23. The first-order chi connectivity index (χ1) is 21.5. The van der Waals surface area contributed by atoms with Gasteiger partial charge in [0.25, 0.3) is 11.8 Å². The fraction of sp³-hybridized carbons (Fsp3) is 0.571. The number of carbonyl (C=O) groups is 3. The van der Waals surface area contributed by atoms with Crippen molar-refractivity contribution in [3.8, 4) is 11.5 Å². The summed E-state index contributed by atoms with van der Waals surface area (Å²) in [5.74, 6) is -1.23. The maximum Gasteiger partial charge on any atom is 0.264 e. The number of fused-ring (bicyclic) bond motifs is 1. The molecule has 1 N–H and O–H groups in total. The largest absolute Gasteiger partial charge is 0.493 e. The fourth-order valence-electron chi connectivity index (χ4n) is 5.99. The molecule has 0 saturated carbocycles. The molecule has 3 rings (SSSR count). The van der Waals surface area contributed by atoms with Gasteiger partial charge in [-0.3, -0.25) is 19.3 Å². The van der Waals surface area contributed by atoms with Crippen LogP contribution in [0.1, 0.15) is 129 Å². The standard InChI is InChI=1S/C35H50N2O7S/c1-6-8-9-10-11-12-13-14-15-16-17-18-26-19-21-28(36-25(3)38)33-32(26)34(39)37(35(33)40)29(24-45(5,41)42)27-20-22-30(43-4)31(23-27)44-7-2/h19-23,29H,6-18,24H2,1-5H3,(H,36,38)/t29-/m1/s1. The summed E-state index contributed by atoms with van der Waals surface area (Å²) in [5.41, 5.74) is 1.72. The van der Waals surface area contributed by atoms with E-state index in [-0.39, 0.29) is 22.7 Å². The Morgan fingerprint density at radius 1 is 0.844 bits per heavy atom. The van der Waals surface area contributed by atoms with E-state index in [1.54, 1.807) is 30.3 Å². The number of benzene rings is 2. The van der Waals surface area contributed by atoms with E-state index in [1.807, 2.05) is 6.92 Å². The van der Waals surface area contributed by atoms with Crippen LogP contribution in [0, 0.1) is 0 Å². The first kappa shape index (κ1) is 36.1. The van der Waals surface area contributed by atoms with Crippen molar-refractivity contribution < 1.29 is 32.3 Å². The van der Waals surface area contributed by atoms with E-state index >= 15 is 0 Å². The van der Waals surface area contributed by atoms with Crippen molar-refractivity contribution in [3.63, 3.8) is 0 Å². The monoisotopic (exact) mass is 642 g/mol. The molecule has 10 heteroatoms. The van der Waals surface area contributed by atoms with Gasteiger partial charge in [0.2, 0.25) is 5.91 Å². The van der Waals surface area contributed by atoms with E-state index in [4.69, 9.17) is 9.47 Å². The van der Waals surface area contributed by atoms with Gasteiger partial charge >= 0.3 is 0 Å². The number of imide groups is 1. The van der Waals surface area contributed by atoms with E-state index in [2.05, 4.69) is 12.2 Å². The van der Waals surface area contributed by atoms with Gasteiger partial charge in [0.05, 0.1) is 42.3 Å². The summed E-state index contributed by atoms with van der Waals surface area (Å²) in [5, 5.41) is 2.69. The van der Waals surface area contributed by atoms with E-state index in [1.165, 1.54) is 65.4 Å². The maximum atomic E-state index is 14.1. The molecule has 1 aliphatic heterocycles. The lowest BCUT2D eigenvalue weighted by Crippen LogP contribution is -2.38. The lowest BCUT2D eigenvalue weighted by Gasteiger charge is -2.27. The molecule has 0 fully saturated rings. The number of nitrogens with zero attached hydrogens (tertiary/aromatic N) is 1. The van der Waals surface area contributed by atoms with Crippen LogP contribution in [0.3, 0.4) is 0 Å². The van der Waals surface area contributed by atoms with E-state index < -0.39 is 33.4 Å². The zero-order valence-corrected chi connectivity index (χ0v) is 28.4. The summed E-state index contributed by atoms with van der Waals surface area (Å²) in [7, 11) is -2.15. The zero-order chi connectivity index (χ0) is 33.0. The predicted molar refractivity (Wildman–Crippen MR) is 178 cm³/mol. The van der Waals surface area contributed by atoms with Crippen molar-refractivity contribution in [2.45, 2.75) is 104 Å². The predicted octanol–water partition coefficient (Wildman–Crippen LogP) is 7.29. The Hall–Kier alpha value is -3.40. The number of methoxy groups -OCH3 is 1. The number of sulfone groups is 1. The quantitative estimate of drug-likeness (QED) is 0.119. The number of ether oxygens (including phenoxy) is 2. The van der Waals surface area contributed by atoms with Crippen LogP contribution in [0.4, 0.5) is 5.69 Å². The lowest BCUT2D eigenvalue weighted by atomic mass is 9.96. The highest BCUT2D eigenvalue weighted by Crippen LogP contribution is 2.40. The van der Waals surface area contributed by atoms with E-state index in [0.29, 0.717) is 30.1 Å². The van der Waals surface area contributed by atoms with Gasteiger partial charge < -0.3 is 14.8 Å². The van der Waals surface area contributed by atoms with Gasteiger partial charge in [-0.2, -0.15) is 0 Å². The fourth-order valence-corrected chi connectivity index (χ4v) is 6.90. The van der Waals surface area contributed by atoms with Crippen LogP contribution in [0.25, 0.3) is 0 Å². The SMILES string of the molecule is CCCCCCCCCCCCCc1ccc(NC(C)=O)c2c1C(=O)N([C@H](CS(C)(=O)=O)c1ccc(OC)c(OCC)c1)C2=O. The number of hydrogen-bond acceptors (Lipinski definition) is 7. The van der Waals surface area contributed by atoms with Gasteiger partial charge in [-0.15, -0.1) is 0 Å². The smallest absolute Gasteiger partial charge is 0.264 e. The molecule has 1 heterocycles. The molecular formula is C35H50N2O7S. The Morgan fingerprint density at radius 2 is 1.44 bits per heavy atom. The molecule has 248 valence electrons. The highest BCUT2D eigenvalue weighted by atomic mass is 32.2. The van der Waals surface area contributed by atoms with Crippen LogP contribution < -0.4 is 14.8 Å². The number of unbranched alkanes of at least 4 members (excludes halogenated alkanes) is 10. The molecule has 0 aromatic heterocycles. The molecule has 2 aromatic carbocycles. The van der Waals surface area contributed by atoms with Gasteiger partial charge in [0.15, 0.2) is 11.5 Å². The van der Waals surface area contributed by atoms with Crippen molar-refractivity contribution >= 4 is 33.2 Å². The van der Waals surface area contributed by atoms with Crippen molar-refractivity contribution in [2.75, 3.05) is 31.0 Å². The second-order valence-corrected chi connectivity index (χ2v) is 14.1. The Morgan fingerprint density at radius 3 is 2.00 bits per heavy atom. The third-order valence-corrected chi connectivity index (χ3v) is 9.08. The summed E-state index contributed by atoms with van der Waals surface area (Å²) in [4.78, 5) is 41.3. The Kier molecular flexibility index (Phi) is 13.9. The molecule has 1 atom stereocenters. The second kappa shape index (κ2) is 17.3. The Labute approximate surface area is 269 Å². The maximum absolute atomic E-state index is 14.1. The second-order valence-electron chi connectivity index (χ2n) is 11.9. The molecule has 3 amide bonds. The molecule has 0 spiro atoms. The van der Waals surface area contributed by atoms with Gasteiger partial charge in [-0.1, -0.05) is 83.3 Å². The van der Waals surface area contributed by atoms with Crippen LogP contribution in [0.5, 0.6) is 11.5 Å². The first-order valence-corrected chi connectivity index (χ1v) is 18.4. The molecule has 0 aliphatic carbocycles. The number of rotatable bonds is 20. The van der Waals surface area contributed by atoms with Crippen LogP contribution in [0.2, 0.25) is 0 Å². The first-order valence-electron chi connectivity index (χ1n) is 16.3. The van der Waals surface area contributed by atoms with Crippen LogP contribution in [-0.4, -0.2) is 56.8 Å². The van der Waals surface area contributed by atoms with Gasteiger partial charge in [0.1, 0.15) is 9.84 Å². The number of anilines is 1. The number of amides is 3. The number of carbonyl (C=O) groups excluding carboxylic acids is 3. The van der Waals surface area contributed by atoms with Crippen LogP contribution in [0.15, 0.2) is 30.3 Å². The Balaban J connectivity index is 1.85. The van der Waals surface area contributed by atoms with E-state index in [0.717, 1.165) is 36.0 Å². The van der Waals surface area contributed by atoms with Gasteiger partial charge in [0, 0.05) is 13.2 Å². The molecule has 0 unspecified atom stereocenters. The molecule has 0 saturated heterocycles. The summed E-state index contributed by atoms with van der Waals surface area (Å²) < 4.78 is 36.4. The molecule has 2 aromatic rings.